The molecule has 0 saturated carbocycles. The largest absolute Gasteiger partial charge is 1.00 e. The summed E-state index contributed by atoms with van der Waals surface area (Å²) in [5.74, 6) is 0. The van der Waals surface area contributed by atoms with E-state index in [1.807, 2.05) is 0 Å². The molecule has 0 saturated heterocycles. The molecule has 0 spiro atoms. The van der Waals surface area contributed by atoms with Gasteiger partial charge in [-0.15, -0.1) is 0 Å². The molecule has 0 aliphatic carbocycles. The van der Waals surface area contributed by atoms with E-state index in [1.54, 1.807) is 0 Å². The molecular formula is C21H38Cl2NNa. The van der Waals surface area contributed by atoms with Crippen molar-refractivity contribution in [1.29, 1.82) is 0 Å². The van der Waals surface area contributed by atoms with Crippen LogP contribution in [0.25, 0.3) is 0 Å². The van der Waals surface area contributed by atoms with E-state index in [-0.39, 0.29) is 54.4 Å². The summed E-state index contributed by atoms with van der Waals surface area (Å²) in [6.45, 7) is 3.47. The topological polar surface area (TPSA) is 3.88 Å². The van der Waals surface area contributed by atoms with Crippen molar-refractivity contribution in [2.45, 2.75) is 103 Å². The van der Waals surface area contributed by atoms with Crippen LogP contribution in [0.15, 0.2) is 30.6 Å². The summed E-state index contributed by atoms with van der Waals surface area (Å²) in [7, 11) is 0. The molecule has 0 N–H and O–H groups in total. The van der Waals surface area contributed by atoms with Gasteiger partial charge in [0, 0.05) is 18.6 Å². The first-order chi connectivity index (χ1) is 10.9. The Labute approximate surface area is 191 Å². The van der Waals surface area contributed by atoms with Crippen molar-refractivity contribution in [1.82, 2.24) is 0 Å². The fourth-order valence-electron chi connectivity index (χ4n) is 3.07. The summed E-state index contributed by atoms with van der Waals surface area (Å²) in [5, 5.41) is 0. The van der Waals surface area contributed by atoms with Crippen LogP contribution in [-0.2, 0) is 6.54 Å². The SMILES string of the molecule is CCCCCCCCCCCCCCCC[n+]1ccccc1.[Cl-].[Cl-].[Na+]. The fraction of sp³-hybridized carbons (Fsp3) is 0.762. The van der Waals surface area contributed by atoms with Crippen LogP contribution in [0.4, 0.5) is 0 Å². The van der Waals surface area contributed by atoms with Crippen LogP contribution in [0.3, 0.4) is 0 Å². The van der Waals surface area contributed by atoms with Gasteiger partial charge in [0.2, 0.25) is 0 Å². The Hall–Kier alpha value is 0.730. The minimum Gasteiger partial charge on any atom is -1.00 e. The van der Waals surface area contributed by atoms with Gasteiger partial charge in [0.25, 0.3) is 0 Å². The third kappa shape index (κ3) is 20.9. The Morgan fingerprint density at radius 1 is 0.520 bits per heavy atom. The zero-order valence-electron chi connectivity index (χ0n) is 16.7. The van der Waals surface area contributed by atoms with E-state index in [4.69, 9.17) is 0 Å². The maximum Gasteiger partial charge on any atom is 1.00 e. The summed E-state index contributed by atoms with van der Waals surface area (Å²) in [6, 6.07) is 6.31. The van der Waals surface area contributed by atoms with Gasteiger partial charge in [-0.05, 0) is 6.42 Å². The second-order valence-electron chi connectivity index (χ2n) is 6.71. The monoisotopic (exact) mass is 397 g/mol. The average molecular weight is 398 g/mol. The van der Waals surface area contributed by atoms with Gasteiger partial charge in [-0.3, -0.25) is 0 Å². The molecule has 0 atom stereocenters. The predicted molar refractivity (Wildman–Crippen MR) is 96.9 cm³/mol. The number of hydrogen-bond acceptors (Lipinski definition) is 0. The van der Waals surface area contributed by atoms with Gasteiger partial charge in [-0.25, -0.2) is 4.57 Å². The number of unbranched alkanes of at least 4 members (excludes halogenated alkanes) is 13. The normalized spacial score (nSPS) is 9.64. The quantitative estimate of drug-likeness (QED) is 0.174. The number of aromatic nitrogens is 1. The Bertz CT molecular complexity index is 336. The van der Waals surface area contributed by atoms with Gasteiger partial charge >= 0.3 is 29.6 Å². The Kier molecular flexibility index (Phi) is 30.1. The van der Waals surface area contributed by atoms with Crippen LogP contribution in [0.1, 0.15) is 96.8 Å². The van der Waals surface area contributed by atoms with Gasteiger partial charge < -0.3 is 24.8 Å². The molecule has 1 aromatic rings. The Morgan fingerprint density at radius 2 is 0.880 bits per heavy atom. The molecule has 0 unspecified atom stereocenters. The number of halogens is 2. The summed E-state index contributed by atoms with van der Waals surface area (Å²) in [4.78, 5) is 0. The third-order valence-corrected chi connectivity index (χ3v) is 4.55. The van der Waals surface area contributed by atoms with Crippen molar-refractivity contribution in [2.24, 2.45) is 0 Å². The van der Waals surface area contributed by atoms with Gasteiger partial charge in [-0.1, -0.05) is 90.0 Å². The zero-order chi connectivity index (χ0) is 15.7. The van der Waals surface area contributed by atoms with Crippen LogP contribution < -0.4 is 58.9 Å². The van der Waals surface area contributed by atoms with Gasteiger partial charge in [0.15, 0.2) is 12.4 Å². The Balaban J connectivity index is -0.00000161. The van der Waals surface area contributed by atoms with Crippen molar-refractivity contribution in [3.05, 3.63) is 30.6 Å². The average Bonchev–Trinajstić information content (AvgIpc) is 2.56. The first-order valence-electron chi connectivity index (χ1n) is 9.87. The van der Waals surface area contributed by atoms with Crippen molar-refractivity contribution >= 4 is 0 Å². The van der Waals surface area contributed by atoms with Crippen molar-refractivity contribution in [3.63, 3.8) is 0 Å². The van der Waals surface area contributed by atoms with Crippen molar-refractivity contribution < 1.29 is 58.9 Å². The molecule has 0 amide bonds. The number of aryl methyl sites for hydroxylation is 1. The van der Waals surface area contributed by atoms with Crippen LogP contribution in [-0.4, -0.2) is 0 Å². The van der Waals surface area contributed by atoms with Gasteiger partial charge in [0.1, 0.15) is 6.54 Å². The number of nitrogens with zero attached hydrogens (tertiary/aromatic N) is 1. The zero-order valence-corrected chi connectivity index (χ0v) is 20.2. The van der Waals surface area contributed by atoms with E-state index in [2.05, 4.69) is 42.1 Å². The molecule has 1 heterocycles. The third-order valence-electron chi connectivity index (χ3n) is 4.55. The minimum atomic E-state index is 0. The molecule has 0 aliphatic heterocycles. The smallest absolute Gasteiger partial charge is 1.00 e. The summed E-state index contributed by atoms with van der Waals surface area (Å²) in [6.07, 6.45) is 24.4. The molecule has 0 fully saturated rings. The minimum absolute atomic E-state index is 0. The molecule has 0 aliphatic rings. The summed E-state index contributed by atoms with van der Waals surface area (Å²) < 4.78 is 2.29. The molecule has 0 aromatic carbocycles. The van der Waals surface area contributed by atoms with E-state index in [1.165, 1.54) is 96.4 Å². The van der Waals surface area contributed by atoms with Gasteiger partial charge in [0.05, 0.1) is 0 Å². The molecule has 1 aromatic heterocycles. The molecule has 0 bridgehead atoms. The molecule has 4 heteroatoms. The standard InChI is InChI=1S/C21H38N.2ClH.Na/c1-2-3-4-5-6-7-8-9-10-11-12-13-14-16-19-22-20-17-15-18-21-22;;;/h15,17-18,20-21H,2-14,16,19H2,1H3;2*1H;/q+1;;;+1/p-2. The number of rotatable bonds is 15. The molecular weight excluding hydrogens is 360 g/mol. The summed E-state index contributed by atoms with van der Waals surface area (Å²) in [5.41, 5.74) is 0. The maximum absolute atomic E-state index is 2.29. The summed E-state index contributed by atoms with van der Waals surface area (Å²) >= 11 is 0. The molecule has 0 radical (unpaired) electrons. The van der Waals surface area contributed by atoms with Crippen LogP contribution in [0, 0.1) is 0 Å². The van der Waals surface area contributed by atoms with Gasteiger partial charge in [-0.2, -0.15) is 0 Å². The van der Waals surface area contributed by atoms with Crippen LogP contribution >= 0.6 is 0 Å². The second kappa shape index (κ2) is 24.7. The van der Waals surface area contributed by atoms with Crippen LogP contribution in [0.2, 0.25) is 0 Å². The van der Waals surface area contributed by atoms with E-state index < -0.39 is 0 Å². The second-order valence-corrected chi connectivity index (χ2v) is 6.71. The molecule has 1 rings (SSSR count). The van der Waals surface area contributed by atoms with E-state index in [0.717, 1.165) is 0 Å². The van der Waals surface area contributed by atoms with E-state index >= 15 is 0 Å². The maximum atomic E-state index is 2.29. The first kappa shape index (κ1) is 30.5. The van der Waals surface area contributed by atoms with Crippen LogP contribution in [0.5, 0.6) is 0 Å². The van der Waals surface area contributed by atoms with Crippen molar-refractivity contribution in [2.75, 3.05) is 0 Å². The van der Waals surface area contributed by atoms with E-state index in [9.17, 15) is 0 Å². The number of pyridine rings is 1. The van der Waals surface area contributed by atoms with Crippen molar-refractivity contribution in [3.8, 4) is 0 Å². The first-order valence-corrected chi connectivity index (χ1v) is 9.87. The number of hydrogen-bond donors (Lipinski definition) is 0. The predicted octanol–water partition coefficient (Wildman–Crippen LogP) is -2.53. The van der Waals surface area contributed by atoms with E-state index in [0.29, 0.717) is 0 Å². The fourth-order valence-corrected chi connectivity index (χ4v) is 3.07. The molecule has 1 nitrogen and oxygen atoms in total. The molecule has 142 valence electrons. The molecule has 25 heavy (non-hydrogen) atoms. The Morgan fingerprint density at radius 3 is 1.28 bits per heavy atom.